The second-order valence-electron chi connectivity index (χ2n) is 5.01. The molecule has 2 aromatic carbocycles. The van der Waals surface area contributed by atoms with Gasteiger partial charge >= 0.3 is 6.18 Å². The lowest BCUT2D eigenvalue weighted by molar-refractivity contribution is -0.137. The monoisotopic (exact) mass is 357 g/mol. The van der Waals surface area contributed by atoms with Gasteiger partial charge in [-0.2, -0.15) is 13.2 Å². The van der Waals surface area contributed by atoms with Gasteiger partial charge in [0.2, 0.25) is 0 Å². The first-order chi connectivity index (χ1) is 9.75. The summed E-state index contributed by atoms with van der Waals surface area (Å²) >= 11 is 3.12. The van der Waals surface area contributed by atoms with E-state index >= 15 is 0 Å². The number of hydrogen-bond donors (Lipinski definition) is 1. The van der Waals surface area contributed by atoms with Crippen molar-refractivity contribution in [1.82, 2.24) is 0 Å². The lowest BCUT2D eigenvalue weighted by atomic mass is 10.1. The summed E-state index contributed by atoms with van der Waals surface area (Å²) in [5.74, 6) is 0. The minimum Gasteiger partial charge on any atom is -0.381 e. The van der Waals surface area contributed by atoms with Gasteiger partial charge < -0.3 is 5.32 Å². The van der Waals surface area contributed by atoms with E-state index in [4.69, 9.17) is 0 Å². The number of aryl methyl sites for hydroxylation is 2. The molecule has 1 N–H and O–H groups in total. The Bertz CT molecular complexity index is 650. The summed E-state index contributed by atoms with van der Waals surface area (Å²) in [6.45, 7) is 4.46. The Labute approximate surface area is 130 Å². The highest BCUT2D eigenvalue weighted by atomic mass is 79.9. The van der Waals surface area contributed by atoms with E-state index in [1.807, 2.05) is 32.0 Å². The molecule has 0 radical (unpaired) electrons. The van der Waals surface area contributed by atoms with E-state index in [9.17, 15) is 13.2 Å². The van der Waals surface area contributed by atoms with Crippen LogP contribution in [0.1, 0.15) is 22.3 Å². The van der Waals surface area contributed by atoms with E-state index in [1.54, 1.807) is 6.07 Å². The molecule has 0 aliphatic heterocycles. The van der Waals surface area contributed by atoms with E-state index in [1.165, 1.54) is 0 Å². The fraction of sp³-hybridized carbons (Fsp3) is 0.250. The molecule has 5 heteroatoms. The molecule has 0 atom stereocenters. The van der Waals surface area contributed by atoms with Crippen LogP contribution in [-0.4, -0.2) is 0 Å². The highest BCUT2D eigenvalue weighted by molar-refractivity contribution is 9.10. The van der Waals surface area contributed by atoms with E-state index in [2.05, 4.69) is 21.2 Å². The summed E-state index contributed by atoms with van der Waals surface area (Å²) in [4.78, 5) is 0. The summed E-state index contributed by atoms with van der Waals surface area (Å²) in [6.07, 6.45) is -4.35. The summed E-state index contributed by atoms with van der Waals surface area (Å²) in [5.41, 5.74) is 3.09. The van der Waals surface area contributed by atoms with Crippen molar-refractivity contribution in [3.8, 4) is 0 Å². The first-order valence-electron chi connectivity index (χ1n) is 6.43. The summed E-state index contributed by atoms with van der Waals surface area (Å²) in [6, 6.07) is 9.89. The third-order valence-electron chi connectivity index (χ3n) is 3.21. The number of hydrogen-bond acceptors (Lipinski definition) is 1. The Morgan fingerprint density at radius 2 is 1.76 bits per heavy atom. The third kappa shape index (κ3) is 4.24. The maximum Gasteiger partial charge on any atom is 0.416 e. The van der Waals surface area contributed by atoms with Crippen LogP contribution < -0.4 is 5.32 Å². The van der Waals surface area contributed by atoms with Gasteiger partial charge in [-0.3, -0.25) is 0 Å². The number of halogens is 4. The predicted octanol–water partition coefficient (Wildman–Crippen LogP) is 5.70. The van der Waals surface area contributed by atoms with Crippen LogP contribution in [0.5, 0.6) is 0 Å². The minimum absolute atomic E-state index is 0.404. The molecule has 0 saturated carbocycles. The lowest BCUT2D eigenvalue weighted by Crippen LogP contribution is -2.07. The predicted molar refractivity (Wildman–Crippen MR) is 82.4 cm³/mol. The van der Waals surface area contributed by atoms with Crippen molar-refractivity contribution < 1.29 is 13.2 Å². The molecule has 0 bridgehead atoms. The van der Waals surface area contributed by atoms with Gasteiger partial charge in [0.05, 0.1) is 5.56 Å². The van der Waals surface area contributed by atoms with Crippen molar-refractivity contribution in [1.29, 1.82) is 0 Å². The van der Waals surface area contributed by atoms with Gasteiger partial charge in [0.25, 0.3) is 0 Å². The molecule has 0 aromatic heterocycles. The molecular weight excluding hydrogens is 343 g/mol. The second kappa shape index (κ2) is 6.10. The fourth-order valence-electron chi connectivity index (χ4n) is 2.04. The average Bonchev–Trinajstić information content (AvgIpc) is 2.38. The van der Waals surface area contributed by atoms with Crippen LogP contribution in [0.25, 0.3) is 0 Å². The topological polar surface area (TPSA) is 12.0 Å². The first-order valence-corrected chi connectivity index (χ1v) is 7.23. The molecule has 0 amide bonds. The maximum absolute atomic E-state index is 12.8. The van der Waals surface area contributed by atoms with Crippen molar-refractivity contribution in [3.05, 3.63) is 63.1 Å². The van der Waals surface area contributed by atoms with Crippen molar-refractivity contribution in [3.63, 3.8) is 0 Å². The molecule has 0 aliphatic rings. The fourth-order valence-corrected chi connectivity index (χ4v) is 2.54. The SMILES string of the molecule is Cc1ccc(C)c(CNc2cc(Br)cc(C(F)(F)F)c2)c1. The van der Waals surface area contributed by atoms with Crippen molar-refractivity contribution >= 4 is 21.6 Å². The van der Waals surface area contributed by atoms with Gasteiger partial charge in [-0.05, 0) is 43.2 Å². The minimum atomic E-state index is -4.35. The van der Waals surface area contributed by atoms with E-state index < -0.39 is 11.7 Å². The zero-order valence-corrected chi connectivity index (χ0v) is 13.3. The normalized spacial score (nSPS) is 11.5. The zero-order valence-electron chi connectivity index (χ0n) is 11.7. The summed E-state index contributed by atoms with van der Waals surface area (Å²) in [5, 5.41) is 3.05. The quantitative estimate of drug-likeness (QED) is 0.743. The molecule has 0 saturated heterocycles. The molecule has 0 aliphatic carbocycles. The van der Waals surface area contributed by atoms with Crippen LogP contribution in [0.3, 0.4) is 0 Å². The van der Waals surface area contributed by atoms with Gasteiger partial charge in [0.1, 0.15) is 0 Å². The van der Waals surface area contributed by atoms with Crippen LogP contribution in [0.15, 0.2) is 40.9 Å². The molecule has 21 heavy (non-hydrogen) atoms. The smallest absolute Gasteiger partial charge is 0.381 e. The molecule has 0 spiro atoms. The van der Waals surface area contributed by atoms with Gasteiger partial charge in [-0.15, -0.1) is 0 Å². The number of nitrogens with one attached hydrogen (secondary N) is 1. The van der Waals surface area contributed by atoms with Crippen molar-refractivity contribution in [2.24, 2.45) is 0 Å². The van der Waals surface area contributed by atoms with Crippen LogP contribution in [0.4, 0.5) is 18.9 Å². The number of alkyl halides is 3. The highest BCUT2D eigenvalue weighted by Crippen LogP contribution is 2.33. The van der Waals surface area contributed by atoms with Crippen LogP contribution in [0.2, 0.25) is 0 Å². The largest absolute Gasteiger partial charge is 0.416 e. The van der Waals surface area contributed by atoms with Crippen molar-refractivity contribution in [2.75, 3.05) is 5.32 Å². The van der Waals surface area contributed by atoms with Gasteiger partial charge in [-0.1, -0.05) is 39.7 Å². The Balaban J connectivity index is 2.20. The van der Waals surface area contributed by atoms with Gasteiger partial charge in [0, 0.05) is 16.7 Å². The van der Waals surface area contributed by atoms with Crippen molar-refractivity contribution in [2.45, 2.75) is 26.6 Å². The van der Waals surface area contributed by atoms with E-state index in [0.29, 0.717) is 16.7 Å². The molecule has 0 fully saturated rings. The Kier molecular flexibility index (Phi) is 4.61. The number of rotatable bonds is 3. The first kappa shape index (κ1) is 15.9. The molecular formula is C16H15BrF3N. The average molecular weight is 358 g/mol. The molecule has 0 unspecified atom stereocenters. The molecule has 112 valence electrons. The van der Waals surface area contributed by atoms with E-state index in [0.717, 1.165) is 28.8 Å². The Hall–Kier alpha value is -1.49. The van der Waals surface area contributed by atoms with Gasteiger partial charge in [0.15, 0.2) is 0 Å². The molecule has 2 aromatic rings. The molecule has 0 heterocycles. The van der Waals surface area contributed by atoms with Crippen LogP contribution >= 0.6 is 15.9 Å². The highest BCUT2D eigenvalue weighted by Gasteiger charge is 2.31. The maximum atomic E-state index is 12.8. The lowest BCUT2D eigenvalue weighted by Gasteiger charge is -2.13. The van der Waals surface area contributed by atoms with Gasteiger partial charge in [-0.25, -0.2) is 0 Å². The van der Waals surface area contributed by atoms with Crippen LogP contribution in [0, 0.1) is 13.8 Å². The Morgan fingerprint density at radius 1 is 1.05 bits per heavy atom. The Morgan fingerprint density at radius 3 is 2.43 bits per heavy atom. The third-order valence-corrected chi connectivity index (χ3v) is 3.67. The summed E-state index contributed by atoms with van der Waals surface area (Å²) in [7, 11) is 0. The standard InChI is InChI=1S/C16H15BrF3N/c1-10-3-4-11(2)12(5-10)9-21-15-7-13(16(18,19)20)6-14(17)8-15/h3-8,21H,9H2,1-2H3. The number of anilines is 1. The molecule has 2 rings (SSSR count). The zero-order chi connectivity index (χ0) is 15.6. The van der Waals surface area contributed by atoms with E-state index in [-0.39, 0.29) is 0 Å². The number of benzene rings is 2. The summed E-state index contributed by atoms with van der Waals surface area (Å²) < 4.78 is 38.7. The van der Waals surface area contributed by atoms with Crippen LogP contribution in [-0.2, 0) is 12.7 Å². The second-order valence-corrected chi connectivity index (χ2v) is 5.93. The molecule has 1 nitrogen and oxygen atoms in total.